The second-order valence-corrected chi connectivity index (χ2v) is 15.0. The summed E-state index contributed by atoms with van der Waals surface area (Å²) in [5.74, 6) is -1.12. The maximum Gasteiger partial charge on any atom is 0.306 e. The van der Waals surface area contributed by atoms with Gasteiger partial charge >= 0.3 is 17.9 Å². The molecule has 0 bridgehead atoms. The lowest BCUT2D eigenvalue weighted by Gasteiger charge is -2.18. The van der Waals surface area contributed by atoms with Gasteiger partial charge in [0.15, 0.2) is 6.10 Å². The van der Waals surface area contributed by atoms with Crippen molar-refractivity contribution in [1.82, 2.24) is 0 Å². The zero-order valence-electron chi connectivity index (χ0n) is 38.6. The van der Waals surface area contributed by atoms with Crippen LogP contribution in [0, 0.1) is 0 Å². The van der Waals surface area contributed by atoms with Crippen molar-refractivity contribution < 1.29 is 28.6 Å². The Labute approximate surface area is 373 Å². The summed E-state index contributed by atoms with van der Waals surface area (Å²) >= 11 is 0. The summed E-state index contributed by atoms with van der Waals surface area (Å²) in [5, 5.41) is 0. The van der Waals surface area contributed by atoms with Gasteiger partial charge in [-0.05, 0) is 96.3 Å². The first-order valence-electron chi connectivity index (χ1n) is 23.7. The van der Waals surface area contributed by atoms with Crippen molar-refractivity contribution in [2.75, 3.05) is 13.2 Å². The Hall–Kier alpha value is -4.45. The lowest BCUT2D eigenvalue weighted by Crippen LogP contribution is -2.30. The number of carbonyl (C=O) groups is 3. The maximum absolute atomic E-state index is 12.7. The van der Waals surface area contributed by atoms with Crippen LogP contribution in [0.4, 0.5) is 0 Å². The van der Waals surface area contributed by atoms with Crippen LogP contribution in [0.2, 0.25) is 0 Å². The van der Waals surface area contributed by atoms with E-state index in [0.717, 1.165) is 77.0 Å². The largest absolute Gasteiger partial charge is 0.462 e. The lowest BCUT2D eigenvalue weighted by molar-refractivity contribution is -0.166. The molecule has 61 heavy (non-hydrogen) atoms. The second kappa shape index (κ2) is 48.2. The van der Waals surface area contributed by atoms with E-state index in [2.05, 4.69) is 112 Å². The van der Waals surface area contributed by atoms with Gasteiger partial charge in [0, 0.05) is 19.3 Å². The molecule has 0 aliphatic heterocycles. The summed E-state index contributed by atoms with van der Waals surface area (Å²) in [6.07, 6.45) is 67.4. The van der Waals surface area contributed by atoms with E-state index in [0.29, 0.717) is 19.3 Å². The molecule has 0 aliphatic rings. The molecule has 0 rings (SSSR count). The highest BCUT2D eigenvalue weighted by Crippen LogP contribution is 2.10. The molecule has 0 aromatic carbocycles. The highest BCUT2D eigenvalue weighted by Gasteiger charge is 2.19. The maximum atomic E-state index is 12.7. The van der Waals surface area contributed by atoms with Crippen molar-refractivity contribution in [3.05, 3.63) is 134 Å². The summed E-state index contributed by atoms with van der Waals surface area (Å²) in [4.78, 5) is 37.8. The number of allylic oxidation sites excluding steroid dienone is 22. The fourth-order valence-corrected chi connectivity index (χ4v) is 5.71. The zero-order chi connectivity index (χ0) is 44.4. The molecule has 0 aliphatic carbocycles. The van der Waals surface area contributed by atoms with Gasteiger partial charge < -0.3 is 14.2 Å². The monoisotopic (exact) mass is 841 g/mol. The van der Waals surface area contributed by atoms with Crippen LogP contribution in [0.3, 0.4) is 0 Å². The number of unbranched alkanes of at least 4 members (excludes halogenated alkanes) is 10. The van der Waals surface area contributed by atoms with Crippen LogP contribution >= 0.6 is 0 Å². The van der Waals surface area contributed by atoms with E-state index in [1.54, 1.807) is 0 Å². The molecule has 0 saturated carbocycles. The molecule has 1 atom stereocenters. The molecule has 1 unspecified atom stereocenters. The lowest BCUT2D eigenvalue weighted by atomic mass is 10.1. The first-order valence-corrected chi connectivity index (χ1v) is 23.7. The van der Waals surface area contributed by atoms with Crippen LogP contribution in [-0.2, 0) is 28.6 Å². The predicted octanol–water partition coefficient (Wildman–Crippen LogP) is 15.5. The Bertz CT molecular complexity index is 1380. The Kier molecular flexibility index (Phi) is 44.7. The molecule has 0 saturated heterocycles. The van der Waals surface area contributed by atoms with Crippen LogP contribution in [0.25, 0.3) is 0 Å². The van der Waals surface area contributed by atoms with Crippen molar-refractivity contribution >= 4 is 17.9 Å². The minimum Gasteiger partial charge on any atom is -0.462 e. The van der Waals surface area contributed by atoms with Crippen LogP contribution < -0.4 is 0 Å². The fraction of sp³-hybridized carbons (Fsp3) is 0.545. The van der Waals surface area contributed by atoms with Crippen molar-refractivity contribution in [3.8, 4) is 0 Å². The fourth-order valence-electron chi connectivity index (χ4n) is 5.71. The number of ether oxygens (including phenoxy) is 3. The van der Waals surface area contributed by atoms with E-state index in [9.17, 15) is 14.4 Å². The first-order chi connectivity index (χ1) is 30.0. The highest BCUT2D eigenvalue weighted by atomic mass is 16.6. The predicted molar refractivity (Wildman–Crippen MR) is 260 cm³/mol. The van der Waals surface area contributed by atoms with Crippen molar-refractivity contribution in [2.24, 2.45) is 0 Å². The SMILES string of the molecule is CC/C=C/C=C/C=C/C=C/CCCCCC(=O)OC(COC(=O)CC/C=C/C/C=C/CCCCCCCC)COC(=O)CCC/C=C/C/C=C/C/C=C/C/C=C/C/C=C/CC. The van der Waals surface area contributed by atoms with Gasteiger partial charge in [0.2, 0.25) is 0 Å². The minimum atomic E-state index is -0.847. The zero-order valence-corrected chi connectivity index (χ0v) is 38.6. The van der Waals surface area contributed by atoms with Crippen molar-refractivity contribution in [1.29, 1.82) is 0 Å². The number of esters is 3. The van der Waals surface area contributed by atoms with Gasteiger partial charge in [0.05, 0.1) is 0 Å². The number of hydrogen-bond donors (Lipinski definition) is 0. The van der Waals surface area contributed by atoms with E-state index in [1.165, 1.54) is 38.5 Å². The summed E-state index contributed by atoms with van der Waals surface area (Å²) in [5.41, 5.74) is 0. The number of carbonyl (C=O) groups excluding carboxylic acids is 3. The van der Waals surface area contributed by atoms with Gasteiger partial charge in [-0.3, -0.25) is 14.4 Å². The van der Waals surface area contributed by atoms with Gasteiger partial charge in [-0.1, -0.05) is 193 Å². The molecule has 0 fully saturated rings. The normalized spacial score (nSPS) is 13.3. The molecule has 6 heteroatoms. The van der Waals surface area contributed by atoms with Crippen LogP contribution in [0.5, 0.6) is 0 Å². The van der Waals surface area contributed by atoms with E-state index in [4.69, 9.17) is 14.2 Å². The molecule has 0 amide bonds. The smallest absolute Gasteiger partial charge is 0.306 e. The van der Waals surface area contributed by atoms with Gasteiger partial charge in [0.1, 0.15) is 13.2 Å². The molecule has 0 heterocycles. The first kappa shape index (κ1) is 56.5. The number of rotatable bonds is 40. The van der Waals surface area contributed by atoms with Gasteiger partial charge in [-0.2, -0.15) is 0 Å². The number of hydrogen-bond acceptors (Lipinski definition) is 6. The van der Waals surface area contributed by atoms with E-state index < -0.39 is 6.10 Å². The minimum absolute atomic E-state index is 0.146. The molecule has 0 radical (unpaired) electrons. The molecular weight excluding hydrogens is 757 g/mol. The van der Waals surface area contributed by atoms with Crippen LogP contribution in [-0.4, -0.2) is 37.2 Å². The third kappa shape index (κ3) is 46.5. The molecule has 0 aromatic heterocycles. The average molecular weight is 841 g/mol. The third-order valence-corrected chi connectivity index (χ3v) is 9.23. The molecule has 0 N–H and O–H groups in total. The standard InChI is InChI=1S/C55H84O6/c1-4-7-10-13-16-19-22-25-26-27-28-31-33-36-39-42-45-48-54(57)60-51-52(61-55(58)49-46-43-40-37-34-30-24-21-18-15-12-9-6-3)50-59-53(56)47-44-41-38-35-32-29-23-20-17-14-11-8-5-2/h7,9-10,12,15-16,18-19,21,24-26,28-32,34,36,38-39,41,52H,4-6,8,11,13-14,17,20,22-23,27,33,35,37,40,42-51H2,1-3H3/b10-7+,12-9+,18-15+,19-16+,24-21+,26-25+,31-28+,32-29+,34-30+,39-36+,41-38+. The molecule has 0 aromatic rings. The Balaban J connectivity index is 4.63. The molecule has 340 valence electrons. The van der Waals surface area contributed by atoms with Gasteiger partial charge in [-0.25, -0.2) is 0 Å². The summed E-state index contributed by atoms with van der Waals surface area (Å²) in [7, 11) is 0. The van der Waals surface area contributed by atoms with Gasteiger partial charge in [-0.15, -0.1) is 0 Å². The van der Waals surface area contributed by atoms with E-state index >= 15 is 0 Å². The van der Waals surface area contributed by atoms with Crippen molar-refractivity contribution in [2.45, 2.75) is 181 Å². The van der Waals surface area contributed by atoms with E-state index in [-0.39, 0.29) is 50.4 Å². The topological polar surface area (TPSA) is 78.9 Å². The van der Waals surface area contributed by atoms with Crippen LogP contribution in [0.15, 0.2) is 134 Å². The molecular formula is C55H84O6. The van der Waals surface area contributed by atoms with Crippen LogP contribution in [0.1, 0.15) is 175 Å². The second-order valence-electron chi connectivity index (χ2n) is 15.0. The Morgan fingerprint density at radius 3 is 1.34 bits per heavy atom. The summed E-state index contributed by atoms with van der Waals surface area (Å²) in [6.45, 7) is 6.20. The van der Waals surface area contributed by atoms with Crippen molar-refractivity contribution in [3.63, 3.8) is 0 Å². The third-order valence-electron chi connectivity index (χ3n) is 9.23. The Morgan fingerprint density at radius 2 is 0.770 bits per heavy atom. The summed E-state index contributed by atoms with van der Waals surface area (Å²) in [6, 6.07) is 0. The quantitative estimate of drug-likeness (QED) is 0.0201. The summed E-state index contributed by atoms with van der Waals surface area (Å²) < 4.78 is 16.6. The Morgan fingerprint density at radius 1 is 0.361 bits per heavy atom. The highest BCUT2D eigenvalue weighted by molar-refractivity contribution is 5.71. The molecule has 0 spiro atoms. The van der Waals surface area contributed by atoms with E-state index in [1.807, 2.05) is 42.5 Å². The van der Waals surface area contributed by atoms with Gasteiger partial charge in [0.25, 0.3) is 0 Å². The molecule has 6 nitrogen and oxygen atoms in total. The average Bonchev–Trinajstić information content (AvgIpc) is 3.26.